The van der Waals surface area contributed by atoms with Gasteiger partial charge in [0, 0.05) is 24.7 Å². The quantitative estimate of drug-likeness (QED) is 0.904. The molecule has 1 aliphatic heterocycles. The summed E-state index contributed by atoms with van der Waals surface area (Å²) in [5.74, 6) is -0.317. The highest BCUT2D eigenvalue weighted by Crippen LogP contribution is 2.31. The molecule has 25 heavy (non-hydrogen) atoms. The molecule has 2 aromatic rings. The van der Waals surface area contributed by atoms with Crippen molar-refractivity contribution in [3.63, 3.8) is 0 Å². The number of piperidine rings is 1. The Hall–Kier alpha value is -2.11. The van der Waals surface area contributed by atoms with E-state index in [4.69, 9.17) is 22.1 Å². The third-order valence-corrected chi connectivity index (χ3v) is 4.61. The minimum Gasteiger partial charge on any atom is -0.474 e. The first-order chi connectivity index (χ1) is 12.0. The Morgan fingerprint density at radius 2 is 1.88 bits per heavy atom. The van der Waals surface area contributed by atoms with Gasteiger partial charge in [-0.2, -0.15) is 0 Å². The predicted molar refractivity (Wildman–Crippen MR) is 95.0 cm³/mol. The number of benzene rings is 2. The number of rotatable bonds is 4. The molecule has 1 aliphatic rings. The minimum atomic E-state index is -0.835. The first-order valence-electron chi connectivity index (χ1n) is 8.25. The number of amides is 1. The van der Waals surface area contributed by atoms with Gasteiger partial charge in [-0.3, -0.25) is 4.79 Å². The molecule has 0 bridgehead atoms. The van der Waals surface area contributed by atoms with E-state index in [1.165, 1.54) is 18.2 Å². The van der Waals surface area contributed by atoms with Crippen LogP contribution in [0.1, 0.15) is 24.5 Å². The van der Waals surface area contributed by atoms with Crippen LogP contribution in [0.15, 0.2) is 48.5 Å². The Balaban J connectivity index is 1.86. The van der Waals surface area contributed by atoms with Crippen LogP contribution in [-0.2, 0) is 4.79 Å². The lowest BCUT2D eigenvalue weighted by molar-refractivity contribution is -0.140. The van der Waals surface area contributed by atoms with Gasteiger partial charge >= 0.3 is 0 Å². The molecule has 1 unspecified atom stereocenters. The number of hydrogen-bond acceptors (Lipinski definition) is 3. The summed E-state index contributed by atoms with van der Waals surface area (Å²) < 4.78 is 19.2. The van der Waals surface area contributed by atoms with Crippen molar-refractivity contribution in [1.82, 2.24) is 4.90 Å². The van der Waals surface area contributed by atoms with E-state index in [0.717, 1.165) is 18.4 Å². The second-order valence-electron chi connectivity index (χ2n) is 6.15. The molecule has 0 radical (unpaired) electrons. The SMILES string of the molecule is NC1CCN(C(=O)C(Oc2ccc(F)cc2Cl)c2ccccc2)CC1. The van der Waals surface area contributed by atoms with Gasteiger partial charge in [0.15, 0.2) is 0 Å². The number of hydrogen-bond donors (Lipinski definition) is 1. The molecule has 0 aliphatic carbocycles. The molecule has 4 nitrogen and oxygen atoms in total. The summed E-state index contributed by atoms with van der Waals surface area (Å²) in [7, 11) is 0. The van der Waals surface area contributed by atoms with Crippen LogP contribution in [0.25, 0.3) is 0 Å². The van der Waals surface area contributed by atoms with Crippen molar-refractivity contribution in [2.45, 2.75) is 25.0 Å². The van der Waals surface area contributed by atoms with Crippen LogP contribution in [0.5, 0.6) is 5.75 Å². The highest BCUT2D eigenvalue weighted by molar-refractivity contribution is 6.32. The molecule has 1 atom stereocenters. The van der Waals surface area contributed by atoms with Crippen LogP contribution in [0.3, 0.4) is 0 Å². The summed E-state index contributed by atoms with van der Waals surface area (Å²) in [5, 5.41) is 0.134. The second kappa shape index (κ2) is 7.85. The molecular formula is C19H20ClFN2O2. The Labute approximate surface area is 151 Å². The summed E-state index contributed by atoms with van der Waals surface area (Å²) in [6.45, 7) is 1.20. The lowest BCUT2D eigenvalue weighted by Gasteiger charge is -2.33. The summed E-state index contributed by atoms with van der Waals surface area (Å²) in [5.41, 5.74) is 6.64. The molecule has 1 heterocycles. The lowest BCUT2D eigenvalue weighted by atomic mass is 10.0. The topological polar surface area (TPSA) is 55.6 Å². The van der Waals surface area contributed by atoms with E-state index in [2.05, 4.69) is 0 Å². The van der Waals surface area contributed by atoms with Crippen LogP contribution in [0.2, 0.25) is 5.02 Å². The van der Waals surface area contributed by atoms with E-state index in [9.17, 15) is 9.18 Å². The minimum absolute atomic E-state index is 0.131. The molecule has 1 fully saturated rings. The predicted octanol–water partition coefficient (Wildman–Crippen LogP) is 3.55. The molecule has 2 N–H and O–H groups in total. The van der Waals surface area contributed by atoms with Gasteiger partial charge < -0.3 is 15.4 Å². The van der Waals surface area contributed by atoms with E-state index in [1.807, 2.05) is 30.3 Å². The maximum absolute atomic E-state index is 13.3. The molecular weight excluding hydrogens is 343 g/mol. The summed E-state index contributed by atoms with van der Waals surface area (Å²) >= 11 is 6.06. The van der Waals surface area contributed by atoms with Crippen molar-refractivity contribution in [3.8, 4) is 5.75 Å². The first kappa shape index (κ1) is 17.7. The third kappa shape index (κ3) is 4.30. The smallest absolute Gasteiger partial charge is 0.268 e. The monoisotopic (exact) mass is 362 g/mol. The largest absolute Gasteiger partial charge is 0.474 e. The zero-order chi connectivity index (χ0) is 17.8. The number of ether oxygens (including phenoxy) is 1. The highest BCUT2D eigenvalue weighted by Gasteiger charge is 2.30. The molecule has 2 aromatic carbocycles. The Kier molecular flexibility index (Phi) is 5.56. The van der Waals surface area contributed by atoms with Gasteiger partial charge in [-0.15, -0.1) is 0 Å². The second-order valence-corrected chi connectivity index (χ2v) is 6.55. The van der Waals surface area contributed by atoms with Gasteiger partial charge in [0.05, 0.1) is 5.02 Å². The molecule has 1 saturated heterocycles. The van der Waals surface area contributed by atoms with Crippen molar-refractivity contribution < 1.29 is 13.9 Å². The highest BCUT2D eigenvalue weighted by atomic mass is 35.5. The van der Waals surface area contributed by atoms with Gasteiger partial charge in [-0.05, 0) is 31.0 Å². The molecule has 1 amide bonds. The van der Waals surface area contributed by atoms with Gasteiger partial charge in [-0.25, -0.2) is 4.39 Å². The number of carbonyl (C=O) groups is 1. The van der Waals surface area contributed by atoms with E-state index >= 15 is 0 Å². The fourth-order valence-corrected chi connectivity index (χ4v) is 3.08. The average molecular weight is 363 g/mol. The van der Waals surface area contributed by atoms with Gasteiger partial charge in [0.1, 0.15) is 11.6 Å². The van der Waals surface area contributed by atoms with Crippen LogP contribution >= 0.6 is 11.6 Å². The molecule has 0 saturated carbocycles. The van der Waals surface area contributed by atoms with Crippen molar-refractivity contribution in [1.29, 1.82) is 0 Å². The van der Waals surface area contributed by atoms with Crippen LogP contribution in [0, 0.1) is 5.82 Å². The Bertz CT molecular complexity index is 733. The number of carbonyl (C=O) groups excluding carboxylic acids is 1. The standard InChI is InChI=1S/C19H20ClFN2O2/c20-16-12-14(21)6-7-17(16)25-18(13-4-2-1-3-5-13)19(24)23-10-8-15(22)9-11-23/h1-7,12,15,18H,8-11,22H2. The fraction of sp³-hybridized carbons (Fsp3) is 0.316. The number of likely N-dealkylation sites (tertiary alicyclic amines) is 1. The van der Waals surface area contributed by atoms with Crippen molar-refractivity contribution in [3.05, 3.63) is 64.9 Å². The molecule has 0 aromatic heterocycles. The maximum atomic E-state index is 13.3. The van der Waals surface area contributed by atoms with Crippen LogP contribution < -0.4 is 10.5 Å². The molecule has 0 spiro atoms. The lowest BCUT2D eigenvalue weighted by Crippen LogP contribution is -2.45. The zero-order valence-electron chi connectivity index (χ0n) is 13.7. The normalized spacial score (nSPS) is 16.5. The summed E-state index contributed by atoms with van der Waals surface area (Å²) in [4.78, 5) is 14.8. The Morgan fingerprint density at radius 3 is 2.52 bits per heavy atom. The van der Waals surface area contributed by atoms with Crippen molar-refractivity contribution in [2.75, 3.05) is 13.1 Å². The van der Waals surface area contributed by atoms with E-state index in [0.29, 0.717) is 13.1 Å². The first-order valence-corrected chi connectivity index (χ1v) is 8.63. The zero-order valence-corrected chi connectivity index (χ0v) is 14.5. The number of halogens is 2. The Morgan fingerprint density at radius 1 is 1.20 bits per heavy atom. The summed E-state index contributed by atoms with van der Waals surface area (Å²) in [6, 6.07) is 13.2. The van der Waals surface area contributed by atoms with Crippen LogP contribution in [-0.4, -0.2) is 29.9 Å². The summed E-state index contributed by atoms with van der Waals surface area (Å²) in [6.07, 6.45) is 0.702. The molecule has 3 rings (SSSR count). The van der Waals surface area contributed by atoms with Gasteiger partial charge in [-0.1, -0.05) is 41.9 Å². The van der Waals surface area contributed by atoms with E-state index < -0.39 is 11.9 Å². The number of nitrogens with zero attached hydrogens (tertiary/aromatic N) is 1. The molecule has 132 valence electrons. The third-order valence-electron chi connectivity index (χ3n) is 4.32. The van der Waals surface area contributed by atoms with Crippen molar-refractivity contribution in [2.24, 2.45) is 5.73 Å². The molecule has 6 heteroatoms. The van der Waals surface area contributed by atoms with Crippen molar-refractivity contribution >= 4 is 17.5 Å². The van der Waals surface area contributed by atoms with Crippen LogP contribution in [0.4, 0.5) is 4.39 Å². The van der Waals surface area contributed by atoms with E-state index in [-0.39, 0.29) is 22.7 Å². The average Bonchev–Trinajstić information content (AvgIpc) is 2.62. The van der Waals surface area contributed by atoms with E-state index in [1.54, 1.807) is 4.90 Å². The number of nitrogens with two attached hydrogens (primary N) is 1. The van der Waals surface area contributed by atoms with Gasteiger partial charge in [0.2, 0.25) is 6.10 Å². The maximum Gasteiger partial charge on any atom is 0.268 e. The fourth-order valence-electron chi connectivity index (χ4n) is 2.87. The van der Waals surface area contributed by atoms with Gasteiger partial charge in [0.25, 0.3) is 5.91 Å².